The molecule has 0 aromatic carbocycles. The average molecular weight is 219 g/mol. The molecule has 1 rings (SSSR count). The van der Waals surface area contributed by atoms with E-state index in [2.05, 4.69) is 18.8 Å². The Morgan fingerprint density at radius 1 is 1.25 bits per heavy atom. The molecular weight excluding hydrogens is 198 g/mol. The summed E-state index contributed by atoms with van der Waals surface area (Å²) in [6, 6.07) is 5.74. The molecule has 0 unspecified atom stereocenters. The minimum atomic E-state index is 0.233. The third-order valence-electron chi connectivity index (χ3n) is 2.81. The highest BCUT2D eigenvalue weighted by molar-refractivity contribution is 5.82. The first-order chi connectivity index (χ1) is 7.77. The number of carbonyl (C=O) groups is 1. The maximum atomic E-state index is 12.1. The molecule has 0 saturated carbocycles. The van der Waals surface area contributed by atoms with E-state index >= 15 is 0 Å². The van der Waals surface area contributed by atoms with Crippen molar-refractivity contribution in [2.45, 2.75) is 46.0 Å². The van der Waals surface area contributed by atoms with Crippen LogP contribution in [0.4, 0.5) is 0 Å². The van der Waals surface area contributed by atoms with Crippen LogP contribution < -0.4 is 0 Å². The number of pyridine rings is 1. The fourth-order valence-electron chi connectivity index (χ4n) is 1.99. The highest BCUT2D eigenvalue weighted by Crippen LogP contribution is 2.16. The van der Waals surface area contributed by atoms with Gasteiger partial charge >= 0.3 is 0 Å². The van der Waals surface area contributed by atoms with Gasteiger partial charge in [-0.05, 0) is 25.0 Å². The molecule has 1 aromatic heterocycles. The molecule has 1 heterocycles. The minimum Gasteiger partial charge on any atom is -0.299 e. The largest absolute Gasteiger partial charge is 0.299 e. The molecule has 0 aliphatic rings. The Morgan fingerprint density at radius 3 is 2.44 bits per heavy atom. The van der Waals surface area contributed by atoms with Crippen molar-refractivity contribution in [3.8, 4) is 0 Å². The van der Waals surface area contributed by atoms with Crippen molar-refractivity contribution in [1.29, 1.82) is 0 Å². The van der Waals surface area contributed by atoms with Crippen LogP contribution in [0.15, 0.2) is 24.4 Å². The summed E-state index contributed by atoms with van der Waals surface area (Å²) >= 11 is 0. The molecule has 0 N–H and O–H groups in total. The van der Waals surface area contributed by atoms with Crippen LogP contribution in [-0.2, 0) is 11.2 Å². The van der Waals surface area contributed by atoms with Crippen LogP contribution in [0.3, 0.4) is 0 Å². The zero-order valence-electron chi connectivity index (χ0n) is 10.3. The minimum absolute atomic E-state index is 0.233. The summed E-state index contributed by atoms with van der Waals surface area (Å²) in [7, 11) is 0. The van der Waals surface area contributed by atoms with E-state index in [4.69, 9.17) is 0 Å². The molecule has 0 saturated heterocycles. The molecule has 16 heavy (non-hydrogen) atoms. The van der Waals surface area contributed by atoms with E-state index in [9.17, 15) is 4.79 Å². The predicted molar refractivity (Wildman–Crippen MR) is 66.3 cm³/mol. The van der Waals surface area contributed by atoms with Gasteiger partial charge in [-0.1, -0.05) is 32.8 Å². The van der Waals surface area contributed by atoms with Gasteiger partial charge in [-0.3, -0.25) is 9.78 Å². The van der Waals surface area contributed by atoms with Gasteiger partial charge in [0.2, 0.25) is 0 Å². The summed E-state index contributed by atoms with van der Waals surface area (Å²) in [6.07, 6.45) is 6.43. The summed E-state index contributed by atoms with van der Waals surface area (Å²) in [5.74, 6) is 0.583. The molecule has 1 aromatic rings. The third-order valence-corrected chi connectivity index (χ3v) is 2.81. The maximum Gasteiger partial charge on any atom is 0.141 e. The first kappa shape index (κ1) is 12.9. The first-order valence-electron chi connectivity index (χ1n) is 6.20. The quantitative estimate of drug-likeness (QED) is 0.703. The molecule has 0 atom stereocenters. The van der Waals surface area contributed by atoms with E-state index in [1.165, 1.54) is 0 Å². The van der Waals surface area contributed by atoms with Crippen LogP contribution in [0.25, 0.3) is 0 Å². The van der Waals surface area contributed by atoms with Gasteiger partial charge in [-0.15, -0.1) is 0 Å². The first-order valence-corrected chi connectivity index (χ1v) is 6.20. The number of rotatable bonds is 7. The fraction of sp³-hybridized carbons (Fsp3) is 0.571. The Bertz CT molecular complexity index is 302. The van der Waals surface area contributed by atoms with Gasteiger partial charge in [0.05, 0.1) is 0 Å². The smallest absolute Gasteiger partial charge is 0.141 e. The fourth-order valence-corrected chi connectivity index (χ4v) is 1.99. The summed E-state index contributed by atoms with van der Waals surface area (Å²) in [5.41, 5.74) is 0.893. The van der Waals surface area contributed by atoms with E-state index in [0.717, 1.165) is 31.4 Å². The molecule has 0 fully saturated rings. The topological polar surface area (TPSA) is 30.0 Å². The van der Waals surface area contributed by atoms with Crippen molar-refractivity contribution >= 4 is 5.78 Å². The van der Waals surface area contributed by atoms with Crippen LogP contribution in [-0.4, -0.2) is 10.8 Å². The molecule has 2 heteroatoms. The zero-order valence-corrected chi connectivity index (χ0v) is 10.3. The van der Waals surface area contributed by atoms with Crippen molar-refractivity contribution in [2.75, 3.05) is 0 Å². The predicted octanol–water partition coefficient (Wildman–Crippen LogP) is 3.41. The molecule has 0 spiro atoms. The van der Waals surface area contributed by atoms with Crippen LogP contribution in [0, 0.1) is 5.92 Å². The van der Waals surface area contributed by atoms with E-state index in [0.29, 0.717) is 12.2 Å². The van der Waals surface area contributed by atoms with Crippen molar-refractivity contribution < 1.29 is 4.79 Å². The summed E-state index contributed by atoms with van der Waals surface area (Å²) in [4.78, 5) is 16.3. The summed E-state index contributed by atoms with van der Waals surface area (Å²) < 4.78 is 0. The van der Waals surface area contributed by atoms with Crippen LogP contribution in [0.1, 0.15) is 45.2 Å². The third kappa shape index (κ3) is 4.13. The maximum absolute atomic E-state index is 12.1. The normalized spacial score (nSPS) is 10.7. The Kier molecular flexibility index (Phi) is 5.76. The standard InChI is InChI=1S/C14H21NO/c1-3-7-12(8-4-2)14(16)11-13-9-5-6-10-15-13/h5-6,9-10,12H,3-4,7-8,11H2,1-2H3. The van der Waals surface area contributed by atoms with Crippen molar-refractivity contribution in [2.24, 2.45) is 5.92 Å². The van der Waals surface area contributed by atoms with Gasteiger partial charge in [0.1, 0.15) is 5.78 Å². The van der Waals surface area contributed by atoms with E-state index < -0.39 is 0 Å². The zero-order chi connectivity index (χ0) is 11.8. The number of nitrogens with zero attached hydrogens (tertiary/aromatic N) is 1. The lowest BCUT2D eigenvalue weighted by Crippen LogP contribution is -2.17. The van der Waals surface area contributed by atoms with E-state index in [-0.39, 0.29) is 5.92 Å². The van der Waals surface area contributed by atoms with Crippen LogP contribution >= 0.6 is 0 Å². The van der Waals surface area contributed by atoms with E-state index in [1.807, 2.05) is 18.2 Å². The number of Topliss-reactive ketones (excluding diaryl/α,β-unsaturated/α-hetero) is 1. The van der Waals surface area contributed by atoms with Crippen molar-refractivity contribution in [3.63, 3.8) is 0 Å². The molecular formula is C14H21NO. The second-order valence-electron chi connectivity index (χ2n) is 4.24. The Labute approximate surface area is 98.1 Å². The van der Waals surface area contributed by atoms with Gasteiger partial charge < -0.3 is 0 Å². The Hall–Kier alpha value is -1.18. The van der Waals surface area contributed by atoms with Gasteiger partial charge in [0.15, 0.2) is 0 Å². The van der Waals surface area contributed by atoms with Gasteiger partial charge in [0, 0.05) is 24.2 Å². The number of carbonyl (C=O) groups excluding carboxylic acids is 1. The second-order valence-corrected chi connectivity index (χ2v) is 4.24. The second kappa shape index (κ2) is 7.15. The van der Waals surface area contributed by atoms with Gasteiger partial charge in [-0.25, -0.2) is 0 Å². The molecule has 0 radical (unpaired) electrons. The van der Waals surface area contributed by atoms with Crippen LogP contribution in [0.2, 0.25) is 0 Å². The number of ketones is 1. The van der Waals surface area contributed by atoms with Gasteiger partial charge in [-0.2, -0.15) is 0 Å². The molecule has 0 amide bonds. The highest BCUT2D eigenvalue weighted by Gasteiger charge is 2.16. The molecule has 88 valence electrons. The molecule has 2 nitrogen and oxygen atoms in total. The Morgan fingerprint density at radius 2 is 1.94 bits per heavy atom. The lowest BCUT2D eigenvalue weighted by molar-refractivity contribution is -0.122. The monoisotopic (exact) mass is 219 g/mol. The molecule has 0 bridgehead atoms. The lowest BCUT2D eigenvalue weighted by Gasteiger charge is -2.13. The summed E-state index contributed by atoms with van der Waals surface area (Å²) in [5, 5.41) is 0. The number of hydrogen-bond acceptors (Lipinski definition) is 2. The van der Waals surface area contributed by atoms with Crippen LogP contribution in [0.5, 0.6) is 0 Å². The summed E-state index contributed by atoms with van der Waals surface area (Å²) in [6.45, 7) is 4.27. The SMILES string of the molecule is CCCC(CCC)C(=O)Cc1ccccn1. The van der Waals surface area contributed by atoms with E-state index in [1.54, 1.807) is 6.20 Å². The molecule has 0 aliphatic carbocycles. The average Bonchev–Trinajstić information content (AvgIpc) is 2.30. The lowest BCUT2D eigenvalue weighted by atomic mass is 9.91. The van der Waals surface area contributed by atoms with Gasteiger partial charge in [0.25, 0.3) is 0 Å². The van der Waals surface area contributed by atoms with Crippen molar-refractivity contribution in [3.05, 3.63) is 30.1 Å². The highest BCUT2D eigenvalue weighted by atomic mass is 16.1. The number of aromatic nitrogens is 1. The number of hydrogen-bond donors (Lipinski definition) is 0. The van der Waals surface area contributed by atoms with Crippen molar-refractivity contribution in [1.82, 2.24) is 4.98 Å². The molecule has 0 aliphatic heterocycles. The Balaban J connectivity index is 2.55.